The minimum atomic E-state index is -0.0328. The highest BCUT2D eigenvalue weighted by atomic mass is 16.3. The van der Waals surface area contributed by atoms with Crippen molar-refractivity contribution in [2.24, 2.45) is 0 Å². The molecule has 2 rings (SSSR count). The van der Waals surface area contributed by atoms with Crippen molar-refractivity contribution < 1.29 is 9.90 Å². The van der Waals surface area contributed by atoms with Crippen LogP contribution in [0.15, 0.2) is 54.6 Å². The summed E-state index contributed by atoms with van der Waals surface area (Å²) in [5.74, 6) is 0.313. The minimum Gasteiger partial charge on any atom is -0.508 e. The monoisotopic (exact) mass is 270 g/mol. The summed E-state index contributed by atoms with van der Waals surface area (Å²) >= 11 is 0. The van der Waals surface area contributed by atoms with Gasteiger partial charge in [-0.15, -0.1) is 0 Å². The van der Waals surface area contributed by atoms with Crippen molar-refractivity contribution in [1.82, 2.24) is 0 Å². The summed E-state index contributed by atoms with van der Waals surface area (Å²) in [6.45, 7) is 6.19. The molecule has 0 aliphatic heterocycles. The number of aromatic hydroxyl groups is 1. The lowest BCUT2D eigenvalue weighted by Gasteiger charge is -2.26. The van der Waals surface area contributed by atoms with Crippen molar-refractivity contribution in [3.63, 3.8) is 0 Å². The molecule has 0 saturated heterocycles. The first-order valence-electron chi connectivity index (χ1n) is 6.81. The van der Waals surface area contributed by atoms with Gasteiger partial charge in [-0.3, -0.25) is 0 Å². The molecule has 2 heteroatoms. The van der Waals surface area contributed by atoms with Crippen LogP contribution in [0.1, 0.15) is 38.3 Å². The molecule has 2 aromatic rings. The van der Waals surface area contributed by atoms with Crippen LogP contribution in [0, 0.1) is 0 Å². The summed E-state index contributed by atoms with van der Waals surface area (Å²) in [6, 6.07) is 17.8. The number of carbonyl (C=O) groups is 1. The molecule has 106 valence electrons. The van der Waals surface area contributed by atoms with E-state index >= 15 is 0 Å². The molecule has 0 amide bonds. The molecule has 0 atom stereocenters. The summed E-state index contributed by atoms with van der Waals surface area (Å²) in [7, 11) is 0. The van der Waals surface area contributed by atoms with Gasteiger partial charge in [-0.2, -0.15) is 0 Å². The van der Waals surface area contributed by atoms with Gasteiger partial charge in [-0.05, 0) is 23.3 Å². The highest BCUT2D eigenvalue weighted by molar-refractivity contribution is 5.48. The molecule has 0 fully saturated rings. The van der Waals surface area contributed by atoms with E-state index in [4.69, 9.17) is 0 Å². The van der Waals surface area contributed by atoms with Gasteiger partial charge in [-0.25, -0.2) is 0 Å². The molecule has 0 aliphatic carbocycles. The predicted octanol–water partition coefficient (Wildman–Crippen LogP) is 4.31. The smallest absolute Gasteiger partial charge is 0.119 e. The Bertz CT molecular complexity index is 513. The van der Waals surface area contributed by atoms with E-state index in [0.29, 0.717) is 12.2 Å². The topological polar surface area (TPSA) is 37.3 Å². The average Bonchev–Trinajstić information content (AvgIpc) is 2.49. The molecule has 0 spiro atoms. The van der Waals surface area contributed by atoms with Gasteiger partial charge in [0.15, 0.2) is 0 Å². The molecule has 1 N–H and O–H groups in total. The van der Waals surface area contributed by atoms with Crippen molar-refractivity contribution in [1.29, 1.82) is 0 Å². The lowest BCUT2D eigenvalue weighted by Crippen LogP contribution is -2.18. The predicted molar refractivity (Wildman–Crippen MR) is 83.0 cm³/mol. The average molecular weight is 270 g/mol. The first-order chi connectivity index (χ1) is 9.52. The second-order valence-electron chi connectivity index (χ2n) is 5.11. The lowest BCUT2D eigenvalue weighted by molar-refractivity contribution is -0.107. The zero-order valence-electron chi connectivity index (χ0n) is 12.3. The summed E-state index contributed by atoms with van der Waals surface area (Å²) in [5.41, 5.74) is 2.45. The Kier molecular flexibility index (Phi) is 5.98. The van der Waals surface area contributed by atoms with Crippen molar-refractivity contribution in [3.05, 3.63) is 65.7 Å². The Labute approximate surface area is 121 Å². The van der Waals surface area contributed by atoms with E-state index in [1.165, 1.54) is 11.1 Å². The van der Waals surface area contributed by atoms with E-state index in [2.05, 4.69) is 38.1 Å². The second-order valence-corrected chi connectivity index (χ2v) is 5.11. The van der Waals surface area contributed by atoms with E-state index in [1.807, 2.05) is 25.1 Å². The third kappa shape index (κ3) is 4.23. The second kappa shape index (κ2) is 7.49. The number of carbonyl (C=O) groups excluding carboxylic acids is 1. The van der Waals surface area contributed by atoms with Gasteiger partial charge in [0, 0.05) is 11.8 Å². The maximum absolute atomic E-state index is 9.29. The van der Waals surface area contributed by atoms with Crippen molar-refractivity contribution in [2.45, 2.75) is 32.6 Å². The number of hydrogen-bond acceptors (Lipinski definition) is 2. The van der Waals surface area contributed by atoms with Crippen LogP contribution in [0.4, 0.5) is 0 Å². The SMILES string of the molecule is CC(C)(c1ccccc1)c1ccc(O)cc1.CCC=O. The van der Waals surface area contributed by atoms with Gasteiger partial charge >= 0.3 is 0 Å². The van der Waals surface area contributed by atoms with Crippen LogP contribution >= 0.6 is 0 Å². The molecule has 2 aromatic carbocycles. The molecule has 0 radical (unpaired) electrons. The largest absolute Gasteiger partial charge is 0.508 e. The normalized spacial score (nSPS) is 10.3. The fourth-order valence-electron chi connectivity index (χ4n) is 1.90. The number of phenolic OH excluding ortho intramolecular Hbond substituents is 1. The first-order valence-corrected chi connectivity index (χ1v) is 6.81. The first kappa shape index (κ1) is 16.0. The minimum absolute atomic E-state index is 0.0328. The molecule has 0 aromatic heterocycles. The van der Waals surface area contributed by atoms with E-state index in [-0.39, 0.29) is 5.41 Å². The van der Waals surface area contributed by atoms with Crippen molar-refractivity contribution in [3.8, 4) is 5.75 Å². The molecule has 0 aliphatic rings. The fourth-order valence-corrected chi connectivity index (χ4v) is 1.90. The van der Waals surface area contributed by atoms with Crippen LogP contribution in [-0.4, -0.2) is 11.4 Å². The molecule has 20 heavy (non-hydrogen) atoms. The third-order valence-electron chi connectivity index (χ3n) is 3.25. The van der Waals surface area contributed by atoms with Gasteiger partial charge in [0.2, 0.25) is 0 Å². The zero-order chi connectivity index (χ0) is 15.0. The van der Waals surface area contributed by atoms with Crippen LogP contribution in [0.25, 0.3) is 0 Å². The molecule has 0 unspecified atom stereocenters. The molecular formula is C18H22O2. The summed E-state index contributed by atoms with van der Waals surface area (Å²) in [5, 5.41) is 9.29. The van der Waals surface area contributed by atoms with E-state index in [0.717, 1.165) is 6.29 Å². The van der Waals surface area contributed by atoms with E-state index < -0.39 is 0 Å². The Morgan fingerprint density at radius 2 is 1.40 bits per heavy atom. The van der Waals surface area contributed by atoms with E-state index in [1.54, 1.807) is 12.1 Å². The van der Waals surface area contributed by atoms with Gasteiger partial charge in [0.25, 0.3) is 0 Å². The Hall–Kier alpha value is -2.09. The molecule has 0 bridgehead atoms. The number of phenols is 1. The van der Waals surface area contributed by atoms with Crippen molar-refractivity contribution in [2.75, 3.05) is 0 Å². The number of benzene rings is 2. The van der Waals surface area contributed by atoms with Crippen LogP contribution in [-0.2, 0) is 10.2 Å². The van der Waals surface area contributed by atoms with Crippen molar-refractivity contribution >= 4 is 6.29 Å². The summed E-state index contributed by atoms with van der Waals surface area (Å²) < 4.78 is 0. The maximum Gasteiger partial charge on any atom is 0.119 e. The van der Waals surface area contributed by atoms with Crippen LogP contribution < -0.4 is 0 Å². The van der Waals surface area contributed by atoms with Crippen LogP contribution in [0.5, 0.6) is 5.75 Å². The quantitative estimate of drug-likeness (QED) is 0.844. The molecule has 0 saturated carbocycles. The zero-order valence-corrected chi connectivity index (χ0v) is 12.3. The molecule has 2 nitrogen and oxygen atoms in total. The number of aldehydes is 1. The van der Waals surface area contributed by atoms with E-state index in [9.17, 15) is 9.90 Å². The third-order valence-corrected chi connectivity index (χ3v) is 3.25. The summed E-state index contributed by atoms with van der Waals surface area (Å²) in [6.07, 6.45) is 1.51. The number of rotatable bonds is 3. The molecule has 0 heterocycles. The van der Waals surface area contributed by atoms with Gasteiger partial charge in [0.1, 0.15) is 12.0 Å². The highest BCUT2D eigenvalue weighted by Crippen LogP contribution is 2.31. The highest BCUT2D eigenvalue weighted by Gasteiger charge is 2.22. The van der Waals surface area contributed by atoms with Crippen LogP contribution in [0.3, 0.4) is 0 Å². The standard InChI is InChI=1S/C15H16O.C3H6O/c1-15(2,12-6-4-3-5-7-12)13-8-10-14(16)11-9-13;1-2-3-4/h3-11,16H,1-2H3;3H,2H2,1H3. The maximum atomic E-state index is 9.29. The Morgan fingerprint density at radius 1 is 0.950 bits per heavy atom. The lowest BCUT2D eigenvalue weighted by atomic mass is 9.78. The van der Waals surface area contributed by atoms with Gasteiger partial charge in [0.05, 0.1) is 0 Å². The molecular weight excluding hydrogens is 248 g/mol. The summed E-state index contributed by atoms with van der Waals surface area (Å²) in [4.78, 5) is 9.17. The van der Waals surface area contributed by atoms with Gasteiger partial charge < -0.3 is 9.90 Å². The van der Waals surface area contributed by atoms with Crippen LogP contribution in [0.2, 0.25) is 0 Å². The number of hydrogen-bond donors (Lipinski definition) is 1. The Balaban J connectivity index is 0.000000444. The fraction of sp³-hybridized carbons (Fsp3) is 0.278. The van der Waals surface area contributed by atoms with Gasteiger partial charge in [-0.1, -0.05) is 63.2 Å². The Morgan fingerprint density at radius 3 is 1.85 bits per heavy atom.